The third-order valence-electron chi connectivity index (χ3n) is 9.39. The zero-order valence-corrected chi connectivity index (χ0v) is 30.3. The van der Waals surface area contributed by atoms with Crippen LogP contribution in [0.5, 0.6) is 0 Å². The van der Waals surface area contributed by atoms with Gasteiger partial charge in [-0.25, -0.2) is 0 Å². The Bertz CT molecular complexity index is 1220. The highest BCUT2D eigenvalue weighted by Crippen LogP contribution is 2.58. The summed E-state index contributed by atoms with van der Waals surface area (Å²) in [4.78, 5) is 0. The molecule has 208 valence electrons. The molecule has 0 saturated carbocycles. The summed E-state index contributed by atoms with van der Waals surface area (Å²) in [6, 6.07) is 17.5. The highest BCUT2D eigenvalue weighted by molar-refractivity contribution is 7.08. The van der Waals surface area contributed by atoms with E-state index in [1.807, 2.05) is 5.70 Å². The Morgan fingerprint density at radius 1 is 0.821 bits per heavy atom. The lowest BCUT2D eigenvalue weighted by Gasteiger charge is -2.68. The van der Waals surface area contributed by atoms with Crippen molar-refractivity contribution in [3.8, 4) is 0 Å². The Hall–Kier alpha value is -1.16. The molecule has 2 heterocycles. The van der Waals surface area contributed by atoms with E-state index in [0.717, 1.165) is 0 Å². The molecule has 0 bridgehead atoms. The minimum atomic E-state index is -2.68. The molecule has 0 fully saturated rings. The molecule has 2 aromatic rings. The normalized spacial score (nSPS) is 22.6. The number of hydrogen-bond donors (Lipinski definition) is 0. The van der Waals surface area contributed by atoms with E-state index in [4.69, 9.17) is 17.4 Å². The first-order chi connectivity index (χ1) is 17.9. The van der Waals surface area contributed by atoms with E-state index in [1.165, 1.54) is 21.5 Å². The lowest BCUT2D eigenvalue weighted by molar-refractivity contribution is 0.0398. The topological polar surface area (TPSA) is 36.9 Å². The Morgan fingerprint density at radius 2 is 1.33 bits per heavy atom. The summed E-state index contributed by atoms with van der Waals surface area (Å²) in [5, 5.41) is 1.59. The van der Waals surface area contributed by atoms with Gasteiger partial charge in [-0.15, -0.1) is 13.2 Å². The zero-order chi connectivity index (χ0) is 29.1. The van der Waals surface area contributed by atoms with Crippen LogP contribution in [0, 0.1) is 0 Å². The van der Waals surface area contributed by atoms with E-state index < -0.39 is 35.5 Å². The Balaban J connectivity index is 1.70. The van der Waals surface area contributed by atoms with Gasteiger partial charge in [0.2, 0.25) is 9.76 Å². The monoisotopic (exact) mass is 608 g/mol. The van der Waals surface area contributed by atoms with Crippen LogP contribution >= 0.6 is 0 Å². The molecule has 2 aliphatic rings. The number of hydrogen-bond acceptors (Lipinski definition) is 4. The summed E-state index contributed by atoms with van der Waals surface area (Å²) in [7, 11) is -6.33. The summed E-state index contributed by atoms with van der Waals surface area (Å²) in [5.74, 6) is 0. The molecule has 0 atom stereocenters. The minimum Gasteiger partial charge on any atom is -0.431 e. The van der Waals surface area contributed by atoms with Gasteiger partial charge in [-0.05, 0) is 62.3 Å². The SMILES string of the molecule is C=C[Si](C)(C)O[Si]OC(C)(C)C(C)(C)[Si]OC12c3ccccc3[Si]1(OC(C)(C)[Si](C)(C)C=C)c1ccccc12. The molecule has 4 radical (unpaired) electrons. The maximum atomic E-state index is 7.49. The van der Waals surface area contributed by atoms with Crippen molar-refractivity contribution in [2.75, 3.05) is 0 Å². The second kappa shape index (κ2) is 9.99. The van der Waals surface area contributed by atoms with Crippen LogP contribution in [-0.2, 0) is 22.6 Å². The average Bonchev–Trinajstić information content (AvgIpc) is 2.87. The molecule has 0 aromatic heterocycles. The largest absolute Gasteiger partial charge is 0.431 e. The van der Waals surface area contributed by atoms with Gasteiger partial charge >= 0.3 is 10.0 Å². The van der Waals surface area contributed by atoms with E-state index in [-0.39, 0.29) is 30.0 Å². The summed E-state index contributed by atoms with van der Waals surface area (Å²) in [5.41, 5.74) is 6.15. The number of benzene rings is 2. The second-order valence-corrected chi connectivity index (χ2v) is 28.3. The Labute approximate surface area is 244 Å². The van der Waals surface area contributed by atoms with Crippen molar-refractivity contribution in [3.63, 3.8) is 0 Å². The van der Waals surface area contributed by atoms with E-state index in [0.29, 0.717) is 0 Å². The van der Waals surface area contributed by atoms with Crippen molar-refractivity contribution in [1.82, 2.24) is 0 Å². The summed E-state index contributed by atoms with van der Waals surface area (Å²) < 4.78 is 27.2. The van der Waals surface area contributed by atoms with E-state index in [1.54, 1.807) is 0 Å². The molecule has 0 spiro atoms. The van der Waals surface area contributed by atoms with Gasteiger partial charge in [-0.2, -0.15) is 0 Å². The number of fused-ring (bicyclic) bond motifs is 7. The van der Waals surface area contributed by atoms with E-state index in [9.17, 15) is 0 Å². The van der Waals surface area contributed by atoms with Crippen molar-refractivity contribution >= 4 is 54.9 Å². The summed E-state index contributed by atoms with van der Waals surface area (Å²) in [6.45, 7) is 30.3. The first-order valence-electron chi connectivity index (χ1n) is 13.7. The average molecular weight is 609 g/mol. The highest BCUT2D eigenvalue weighted by Gasteiger charge is 2.79. The lowest BCUT2D eigenvalue weighted by atomic mass is 9.94. The fraction of sp³-hybridized carbons (Fsp3) is 0.467. The van der Waals surface area contributed by atoms with Crippen LogP contribution in [0.4, 0.5) is 0 Å². The molecule has 2 aromatic carbocycles. The van der Waals surface area contributed by atoms with Crippen LogP contribution in [-0.4, -0.2) is 55.3 Å². The number of rotatable bonds is 13. The summed E-state index contributed by atoms with van der Waals surface area (Å²) in [6.07, 6.45) is 0. The fourth-order valence-corrected chi connectivity index (χ4v) is 15.5. The molecule has 9 heteroatoms. The van der Waals surface area contributed by atoms with E-state index in [2.05, 4.69) is 135 Å². The predicted molar refractivity (Wildman–Crippen MR) is 172 cm³/mol. The van der Waals surface area contributed by atoms with Gasteiger partial charge in [0.15, 0.2) is 8.32 Å². The van der Waals surface area contributed by atoms with Crippen LogP contribution in [0.3, 0.4) is 0 Å². The van der Waals surface area contributed by atoms with Crippen molar-refractivity contribution in [2.24, 2.45) is 0 Å². The molecule has 2 aliphatic heterocycles. The zero-order valence-electron chi connectivity index (χ0n) is 25.3. The lowest BCUT2D eigenvalue weighted by Crippen LogP contribution is -2.93. The Morgan fingerprint density at radius 3 is 1.82 bits per heavy atom. The molecule has 0 amide bonds. The molecule has 4 rings (SSSR count). The molecule has 0 aliphatic carbocycles. The standard InChI is InChI=1S/C30H44O4Si5/c1-13-37(9,10)29(7,8)33-39-25-21-17-15-19-23(25)30(39,24-20-16-18-22-26(24)39)32-35-28(5,6)27(3,4)31-36-34-38(11,12)14-2/h13-22H,1-2H2,3-12H3. The van der Waals surface area contributed by atoms with Crippen molar-refractivity contribution in [3.05, 3.63) is 84.2 Å². The maximum Gasteiger partial charge on any atom is 0.422 e. The first kappa shape index (κ1) is 30.8. The second-order valence-electron chi connectivity index (χ2n) is 13.4. The van der Waals surface area contributed by atoms with Crippen LogP contribution in [0.1, 0.15) is 52.7 Å². The van der Waals surface area contributed by atoms with Crippen LogP contribution in [0.25, 0.3) is 0 Å². The van der Waals surface area contributed by atoms with Gasteiger partial charge in [0.25, 0.3) is 8.32 Å². The maximum absolute atomic E-state index is 7.49. The Kier molecular flexibility index (Phi) is 7.89. The third kappa shape index (κ3) is 4.58. The van der Waals surface area contributed by atoms with Crippen molar-refractivity contribution in [2.45, 2.75) is 88.8 Å². The molecule has 0 N–H and O–H groups in total. The first-order valence-corrected chi connectivity index (χ1v) is 23.4. The van der Waals surface area contributed by atoms with E-state index >= 15 is 0 Å². The van der Waals surface area contributed by atoms with Crippen molar-refractivity contribution in [1.29, 1.82) is 0 Å². The van der Waals surface area contributed by atoms with Crippen LogP contribution in [0.15, 0.2) is 73.1 Å². The highest BCUT2D eigenvalue weighted by atomic mass is 28.4. The fourth-order valence-electron chi connectivity index (χ4n) is 4.97. The molecular weight excluding hydrogens is 565 g/mol. The van der Waals surface area contributed by atoms with Crippen LogP contribution < -0.4 is 10.4 Å². The summed E-state index contributed by atoms with van der Waals surface area (Å²) >= 11 is 0. The van der Waals surface area contributed by atoms with Gasteiger partial charge in [0.05, 0.1) is 5.60 Å². The molecule has 39 heavy (non-hydrogen) atoms. The van der Waals surface area contributed by atoms with Gasteiger partial charge in [0.1, 0.15) is 13.3 Å². The molecular formula is C30H44O4Si5. The quantitative estimate of drug-likeness (QED) is 0.272. The third-order valence-corrected chi connectivity index (χ3v) is 24.4. The smallest absolute Gasteiger partial charge is 0.422 e. The van der Waals surface area contributed by atoms with Gasteiger partial charge in [-0.3, -0.25) is 0 Å². The van der Waals surface area contributed by atoms with Crippen LogP contribution in [0.2, 0.25) is 31.2 Å². The molecule has 0 unspecified atom stereocenters. The van der Waals surface area contributed by atoms with Gasteiger partial charge in [-0.1, -0.05) is 86.9 Å². The van der Waals surface area contributed by atoms with Crippen molar-refractivity contribution < 1.29 is 17.4 Å². The minimum absolute atomic E-state index is 0.0311. The molecule has 0 saturated heterocycles. The molecule has 4 nitrogen and oxygen atoms in total. The predicted octanol–water partition coefficient (Wildman–Crippen LogP) is 5.73. The van der Waals surface area contributed by atoms with Gasteiger partial charge in [0, 0.05) is 10.3 Å². The van der Waals surface area contributed by atoms with Gasteiger partial charge < -0.3 is 17.4 Å².